The maximum Gasteiger partial charge on any atom is 0.451 e. The van der Waals surface area contributed by atoms with Gasteiger partial charge in [0.25, 0.3) is 0 Å². The number of aliphatic carboxylic acids is 1. The maximum absolute atomic E-state index is 13.3. The molecule has 1 aromatic carbocycles. The van der Waals surface area contributed by atoms with E-state index in [0.717, 1.165) is 38.1 Å². The van der Waals surface area contributed by atoms with Crippen LogP contribution in [-0.2, 0) is 36.9 Å². The van der Waals surface area contributed by atoms with E-state index in [1.807, 2.05) is 11.0 Å². The molecule has 0 amide bonds. The molecule has 0 bridgehead atoms. The minimum absolute atomic E-state index is 0.0376. The lowest BCUT2D eigenvalue weighted by Crippen LogP contribution is -2.36. The number of hydrogen-bond donors (Lipinski definition) is 1. The number of aryl methyl sites for hydroxylation is 2. The van der Waals surface area contributed by atoms with Crippen molar-refractivity contribution >= 4 is 33.3 Å². The van der Waals surface area contributed by atoms with E-state index in [1.165, 1.54) is 11.3 Å². The van der Waals surface area contributed by atoms with Crippen molar-refractivity contribution in [2.24, 2.45) is 0 Å². The number of carbonyl (C=O) groups is 1. The van der Waals surface area contributed by atoms with Gasteiger partial charge in [-0.2, -0.15) is 23.1 Å². The lowest BCUT2D eigenvalue weighted by atomic mass is 10.1. The molecule has 5 rings (SSSR count). The van der Waals surface area contributed by atoms with E-state index in [-0.39, 0.29) is 37.9 Å². The molecule has 0 radical (unpaired) electrons. The fourth-order valence-electron chi connectivity index (χ4n) is 4.22. The fourth-order valence-corrected chi connectivity index (χ4v) is 5.34. The van der Waals surface area contributed by atoms with Gasteiger partial charge in [0.1, 0.15) is 16.4 Å². The smallest absolute Gasteiger partial charge is 0.451 e. The summed E-state index contributed by atoms with van der Waals surface area (Å²) in [4.78, 5) is 23.8. The summed E-state index contributed by atoms with van der Waals surface area (Å²) >= 11 is 1.53. The topological polar surface area (TPSA) is 106 Å². The lowest BCUT2D eigenvalue weighted by molar-refractivity contribution is -0.147. The quantitative estimate of drug-likeness (QED) is 0.335. The number of carboxylic acid groups (broad SMARTS) is 1. The third-order valence-corrected chi connectivity index (χ3v) is 7.05. The monoisotopic (exact) mass is 532 g/mol. The van der Waals surface area contributed by atoms with Crippen LogP contribution in [-0.4, -0.2) is 42.4 Å². The molecule has 194 valence electrons. The molecule has 0 saturated carbocycles. The highest BCUT2D eigenvalue weighted by molar-refractivity contribution is 7.18. The van der Waals surface area contributed by atoms with E-state index in [0.29, 0.717) is 18.0 Å². The molecule has 37 heavy (non-hydrogen) atoms. The second-order valence-corrected chi connectivity index (χ2v) is 9.78. The SMILES string of the molecule is CCCc1cc2c(N3CCn4c(nnc4C(F)(F)F)C3)nc(Oc3ccc(CCC(=O)O)cc3)nc2s1. The van der Waals surface area contributed by atoms with Crippen molar-refractivity contribution in [2.45, 2.75) is 51.9 Å². The number of rotatable bonds is 8. The van der Waals surface area contributed by atoms with Gasteiger partial charge in [-0.1, -0.05) is 25.5 Å². The Morgan fingerprint density at radius 2 is 1.92 bits per heavy atom. The Labute approximate surface area is 213 Å². The average molecular weight is 533 g/mol. The Morgan fingerprint density at radius 3 is 2.62 bits per heavy atom. The van der Waals surface area contributed by atoms with Gasteiger partial charge in [-0.25, -0.2) is 0 Å². The Kier molecular flexibility index (Phi) is 6.71. The zero-order valence-electron chi connectivity index (χ0n) is 19.8. The van der Waals surface area contributed by atoms with E-state index >= 15 is 0 Å². The maximum atomic E-state index is 13.3. The molecular weight excluding hydrogens is 509 g/mol. The first-order valence-electron chi connectivity index (χ1n) is 11.7. The number of carboxylic acids is 1. The van der Waals surface area contributed by atoms with Crippen LogP contribution in [0.1, 0.15) is 41.9 Å². The first kappa shape index (κ1) is 24.9. The van der Waals surface area contributed by atoms with Crippen LogP contribution in [0.25, 0.3) is 10.2 Å². The molecule has 3 aromatic heterocycles. The minimum Gasteiger partial charge on any atom is -0.481 e. The van der Waals surface area contributed by atoms with Crippen LogP contribution in [0.3, 0.4) is 0 Å². The van der Waals surface area contributed by atoms with Gasteiger partial charge in [0.05, 0.1) is 11.9 Å². The molecule has 13 heteroatoms. The van der Waals surface area contributed by atoms with Crippen LogP contribution >= 0.6 is 11.3 Å². The number of benzene rings is 1. The minimum atomic E-state index is -4.57. The predicted molar refractivity (Wildman–Crippen MR) is 130 cm³/mol. The predicted octanol–water partition coefficient (Wildman–Crippen LogP) is 5.08. The molecule has 4 heterocycles. The first-order valence-corrected chi connectivity index (χ1v) is 12.6. The van der Waals surface area contributed by atoms with Gasteiger partial charge in [-0.05, 0) is 36.6 Å². The third kappa shape index (κ3) is 5.36. The van der Waals surface area contributed by atoms with E-state index in [9.17, 15) is 18.0 Å². The Morgan fingerprint density at radius 1 is 1.14 bits per heavy atom. The molecular formula is C24H23F3N6O3S. The molecule has 0 unspecified atom stereocenters. The van der Waals surface area contributed by atoms with Crippen molar-refractivity contribution < 1.29 is 27.8 Å². The standard InChI is InChI=1S/C24H23F3N6O3S/c1-2-3-16-12-17-20(32-10-11-33-18(13-32)30-31-22(33)24(25,26)27)28-23(29-21(17)37-16)36-15-7-4-14(5-8-15)6-9-19(34)35/h4-5,7-8,12H,2-3,6,9-11,13H2,1H3,(H,34,35). The second-order valence-electron chi connectivity index (χ2n) is 8.66. The number of nitrogens with zero attached hydrogens (tertiary/aromatic N) is 6. The van der Waals surface area contributed by atoms with Crippen LogP contribution in [0.15, 0.2) is 30.3 Å². The van der Waals surface area contributed by atoms with Crippen molar-refractivity contribution in [3.63, 3.8) is 0 Å². The summed E-state index contributed by atoms with van der Waals surface area (Å²) in [6.07, 6.45) is -2.29. The summed E-state index contributed by atoms with van der Waals surface area (Å²) in [7, 11) is 0. The second kappa shape index (κ2) is 9.96. The third-order valence-electron chi connectivity index (χ3n) is 5.97. The molecule has 9 nitrogen and oxygen atoms in total. The molecule has 1 aliphatic rings. The van der Waals surface area contributed by atoms with E-state index in [2.05, 4.69) is 27.1 Å². The number of hydrogen-bond acceptors (Lipinski definition) is 8. The van der Waals surface area contributed by atoms with Crippen molar-refractivity contribution in [1.29, 1.82) is 0 Å². The van der Waals surface area contributed by atoms with Crippen molar-refractivity contribution in [3.8, 4) is 11.8 Å². The normalized spacial score (nSPS) is 13.7. The Bertz CT molecular complexity index is 1430. The Hall–Kier alpha value is -3.74. The Balaban J connectivity index is 1.45. The van der Waals surface area contributed by atoms with Crippen LogP contribution in [0.4, 0.5) is 19.0 Å². The van der Waals surface area contributed by atoms with Crippen LogP contribution < -0.4 is 9.64 Å². The van der Waals surface area contributed by atoms with Crippen LogP contribution in [0.5, 0.6) is 11.8 Å². The number of thiophene rings is 1. The van der Waals surface area contributed by atoms with E-state index < -0.39 is 18.0 Å². The number of halogens is 3. The highest BCUT2D eigenvalue weighted by Gasteiger charge is 2.39. The van der Waals surface area contributed by atoms with Crippen LogP contribution in [0, 0.1) is 0 Å². The number of aromatic nitrogens is 5. The zero-order valence-corrected chi connectivity index (χ0v) is 20.6. The number of ether oxygens (including phenoxy) is 1. The van der Waals surface area contributed by atoms with E-state index in [4.69, 9.17) is 9.84 Å². The summed E-state index contributed by atoms with van der Waals surface area (Å²) < 4.78 is 46.9. The molecule has 0 saturated heterocycles. The van der Waals surface area contributed by atoms with E-state index in [1.54, 1.807) is 24.3 Å². The molecule has 0 fully saturated rings. The molecule has 1 N–H and O–H groups in total. The van der Waals surface area contributed by atoms with Gasteiger partial charge in [0.15, 0.2) is 5.82 Å². The number of anilines is 1. The first-order chi connectivity index (χ1) is 17.7. The number of fused-ring (bicyclic) bond motifs is 2. The van der Waals surface area contributed by atoms with Crippen molar-refractivity contribution in [2.75, 3.05) is 11.4 Å². The molecule has 0 aliphatic carbocycles. The van der Waals surface area contributed by atoms with Gasteiger partial charge in [-0.3, -0.25) is 4.79 Å². The summed E-state index contributed by atoms with van der Waals surface area (Å²) in [5.74, 6) is -0.582. The van der Waals surface area contributed by atoms with Gasteiger partial charge >= 0.3 is 18.2 Å². The summed E-state index contributed by atoms with van der Waals surface area (Å²) in [5.41, 5.74) is 0.866. The molecule has 0 spiro atoms. The zero-order chi connectivity index (χ0) is 26.2. The lowest BCUT2D eigenvalue weighted by Gasteiger charge is -2.29. The largest absolute Gasteiger partial charge is 0.481 e. The van der Waals surface area contributed by atoms with Crippen LogP contribution in [0.2, 0.25) is 0 Å². The van der Waals surface area contributed by atoms with Gasteiger partial charge < -0.3 is 19.3 Å². The molecule has 1 aliphatic heterocycles. The van der Waals surface area contributed by atoms with Gasteiger partial charge in [0.2, 0.25) is 5.82 Å². The number of alkyl halides is 3. The highest BCUT2D eigenvalue weighted by Crippen LogP contribution is 2.36. The summed E-state index contributed by atoms with van der Waals surface area (Å²) in [5, 5.41) is 16.8. The van der Waals surface area contributed by atoms with Crippen molar-refractivity contribution in [1.82, 2.24) is 24.7 Å². The average Bonchev–Trinajstić information content (AvgIpc) is 3.46. The van der Waals surface area contributed by atoms with Gasteiger partial charge in [-0.15, -0.1) is 21.5 Å². The fraction of sp³-hybridized carbons (Fsp3) is 0.375. The summed E-state index contributed by atoms with van der Waals surface area (Å²) in [6, 6.07) is 9.18. The van der Waals surface area contributed by atoms with Crippen molar-refractivity contribution in [3.05, 3.63) is 52.4 Å². The summed E-state index contributed by atoms with van der Waals surface area (Å²) in [6.45, 7) is 2.56. The van der Waals surface area contributed by atoms with Gasteiger partial charge in [0, 0.05) is 24.4 Å². The molecule has 0 atom stereocenters. The highest BCUT2D eigenvalue weighted by atomic mass is 32.1. The molecule has 4 aromatic rings.